The molecule has 2 aromatic rings. The van der Waals surface area contributed by atoms with Crippen molar-refractivity contribution in [2.45, 2.75) is 12.5 Å². The summed E-state index contributed by atoms with van der Waals surface area (Å²) in [6.07, 6.45) is 0.169. The van der Waals surface area contributed by atoms with E-state index in [1.54, 1.807) is 36.2 Å². The van der Waals surface area contributed by atoms with Crippen LogP contribution in [-0.4, -0.2) is 36.8 Å². The van der Waals surface area contributed by atoms with Crippen LogP contribution in [0.5, 0.6) is 0 Å². The zero-order valence-corrected chi connectivity index (χ0v) is 14.6. The summed E-state index contributed by atoms with van der Waals surface area (Å²) in [5, 5.41) is 2.84. The van der Waals surface area contributed by atoms with Gasteiger partial charge in [-0.15, -0.1) is 0 Å². The number of carbonyl (C=O) groups is 3. The van der Waals surface area contributed by atoms with Crippen LogP contribution in [0.3, 0.4) is 0 Å². The number of nitrogens with zero attached hydrogens (tertiary/aromatic N) is 1. The minimum atomic E-state index is -0.477. The molecule has 0 radical (unpaired) electrons. The Morgan fingerprint density at radius 3 is 2.35 bits per heavy atom. The van der Waals surface area contributed by atoms with Gasteiger partial charge in [0, 0.05) is 19.2 Å². The molecule has 6 heteroatoms. The van der Waals surface area contributed by atoms with Crippen molar-refractivity contribution in [1.82, 2.24) is 4.90 Å². The van der Waals surface area contributed by atoms with Gasteiger partial charge in [-0.3, -0.25) is 9.59 Å². The second-order valence-electron chi connectivity index (χ2n) is 6.23. The van der Waals surface area contributed by atoms with E-state index in [0.717, 1.165) is 5.56 Å². The Morgan fingerprint density at radius 2 is 1.73 bits per heavy atom. The Kier molecular flexibility index (Phi) is 5.02. The highest BCUT2D eigenvalue weighted by molar-refractivity contribution is 5.98. The van der Waals surface area contributed by atoms with Gasteiger partial charge in [0.05, 0.1) is 24.6 Å². The average Bonchev–Trinajstić information content (AvgIpc) is 2.97. The minimum absolute atomic E-state index is 0.0555. The van der Waals surface area contributed by atoms with E-state index in [9.17, 15) is 14.4 Å². The summed E-state index contributed by atoms with van der Waals surface area (Å²) in [4.78, 5) is 38.1. The standard InChI is InChI=1S/C20H20N2O4/c1-22-17(23)12-16(18(22)13-6-4-3-5-7-13)19(24)21-15-10-8-14(9-11-15)20(25)26-2/h3-11,16,18H,12H2,1-2H3,(H,21,24)/t16-,18+/m1/s1. The molecule has 134 valence electrons. The molecule has 2 aromatic carbocycles. The molecule has 1 aliphatic rings. The molecule has 0 aromatic heterocycles. The van der Waals surface area contributed by atoms with E-state index in [-0.39, 0.29) is 24.3 Å². The van der Waals surface area contributed by atoms with Gasteiger partial charge in [0.1, 0.15) is 0 Å². The fourth-order valence-electron chi connectivity index (χ4n) is 3.25. The second kappa shape index (κ2) is 7.39. The highest BCUT2D eigenvalue weighted by Crippen LogP contribution is 2.37. The van der Waals surface area contributed by atoms with E-state index in [4.69, 9.17) is 0 Å². The Labute approximate surface area is 151 Å². The van der Waals surface area contributed by atoms with Gasteiger partial charge < -0.3 is 15.0 Å². The third kappa shape index (κ3) is 3.44. The van der Waals surface area contributed by atoms with Crippen molar-refractivity contribution in [1.29, 1.82) is 0 Å². The lowest BCUT2D eigenvalue weighted by molar-refractivity contribution is -0.128. The molecule has 0 saturated carbocycles. The lowest BCUT2D eigenvalue weighted by Gasteiger charge is -2.25. The van der Waals surface area contributed by atoms with Crippen LogP contribution in [-0.2, 0) is 14.3 Å². The maximum atomic E-state index is 12.8. The zero-order valence-electron chi connectivity index (χ0n) is 14.6. The fraction of sp³-hybridized carbons (Fsp3) is 0.250. The molecule has 1 aliphatic heterocycles. The topological polar surface area (TPSA) is 75.7 Å². The molecule has 0 spiro atoms. The summed E-state index contributed by atoms with van der Waals surface area (Å²) in [5.41, 5.74) is 1.90. The van der Waals surface area contributed by atoms with Gasteiger partial charge in [-0.1, -0.05) is 30.3 Å². The lowest BCUT2D eigenvalue weighted by Crippen LogP contribution is -2.30. The largest absolute Gasteiger partial charge is 0.465 e. The van der Waals surface area contributed by atoms with Crippen LogP contribution < -0.4 is 5.32 Å². The van der Waals surface area contributed by atoms with Gasteiger partial charge in [-0.2, -0.15) is 0 Å². The number of ether oxygens (including phenoxy) is 1. The van der Waals surface area contributed by atoms with Crippen LogP contribution in [0.4, 0.5) is 5.69 Å². The summed E-state index contributed by atoms with van der Waals surface area (Å²) >= 11 is 0. The first-order chi connectivity index (χ1) is 12.5. The molecule has 0 bridgehead atoms. The number of anilines is 1. The van der Waals surface area contributed by atoms with Crippen LogP contribution in [0.1, 0.15) is 28.4 Å². The number of methoxy groups -OCH3 is 1. The number of esters is 1. The number of likely N-dealkylation sites (tertiary alicyclic amines) is 1. The Bertz CT molecular complexity index is 817. The molecule has 2 atom stereocenters. The predicted octanol–water partition coefficient (Wildman–Crippen LogP) is 2.63. The molecule has 0 unspecified atom stereocenters. The second-order valence-corrected chi connectivity index (χ2v) is 6.23. The first-order valence-electron chi connectivity index (χ1n) is 8.31. The monoisotopic (exact) mass is 352 g/mol. The van der Waals surface area contributed by atoms with E-state index < -0.39 is 11.9 Å². The van der Waals surface area contributed by atoms with Crippen LogP contribution in [0, 0.1) is 5.92 Å². The number of hydrogen-bond donors (Lipinski definition) is 1. The molecule has 1 N–H and O–H groups in total. The third-order valence-electron chi connectivity index (χ3n) is 4.64. The van der Waals surface area contributed by atoms with Gasteiger partial charge >= 0.3 is 5.97 Å². The molecule has 2 amide bonds. The Hall–Kier alpha value is -3.15. The van der Waals surface area contributed by atoms with Gasteiger partial charge in [0.25, 0.3) is 0 Å². The molecule has 1 fully saturated rings. The number of carbonyl (C=O) groups excluding carboxylic acids is 3. The van der Waals surface area contributed by atoms with E-state index in [2.05, 4.69) is 10.1 Å². The highest BCUT2D eigenvalue weighted by Gasteiger charge is 2.42. The van der Waals surface area contributed by atoms with E-state index in [0.29, 0.717) is 11.3 Å². The smallest absolute Gasteiger partial charge is 0.337 e. The molecule has 3 rings (SSSR count). The van der Waals surface area contributed by atoms with E-state index in [1.165, 1.54) is 7.11 Å². The molecule has 0 aliphatic carbocycles. The SMILES string of the molecule is COC(=O)c1ccc(NC(=O)[C@@H]2CC(=O)N(C)[C@H]2c2ccccc2)cc1. The van der Waals surface area contributed by atoms with Crippen molar-refractivity contribution in [3.63, 3.8) is 0 Å². The van der Waals surface area contributed by atoms with Crippen molar-refractivity contribution >= 4 is 23.5 Å². The number of hydrogen-bond acceptors (Lipinski definition) is 4. The maximum Gasteiger partial charge on any atom is 0.337 e. The molecule has 26 heavy (non-hydrogen) atoms. The summed E-state index contributed by atoms with van der Waals surface area (Å²) in [5.74, 6) is -1.19. The number of nitrogens with one attached hydrogen (secondary N) is 1. The van der Waals surface area contributed by atoms with Crippen LogP contribution in [0.15, 0.2) is 54.6 Å². The van der Waals surface area contributed by atoms with Crippen LogP contribution >= 0.6 is 0 Å². The fourth-order valence-corrected chi connectivity index (χ4v) is 3.25. The summed E-state index contributed by atoms with van der Waals surface area (Å²) in [6.45, 7) is 0. The van der Waals surface area contributed by atoms with E-state index in [1.807, 2.05) is 30.3 Å². The van der Waals surface area contributed by atoms with Crippen LogP contribution in [0.2, 0.25) is 0 Å². The van der Waals surface area contributed by atoms with Gasteiger partial charge in [-0.05, 0) is 29.8 Å². The van der Waals surface area contributed by atoms with E-state index >= 15 is 0 Å². The third-order valence-corrected chi connectivity index (χ3v) is 4.64. The molecular weight excluding hydrogens is 332 g/mol. The number of amides is 2. The molecule has 1 saturated heterocycles. The first kappa shape index (κ1) is 17.7. The van der Waals surface area contributed by atoms with Crippen molar-refractivity contribution in [2.75, 3.05) is 19.5 Å². The van der Waals surface area contributed by atoms with Gasteiger partial charge in [-0.25, -0.2) is 4.79 Å². The van der Waals surface area contributed by atoms with Crippen molar-refractivity contribution in [2.24, 2.45) is 5.92 Å². The van der Waals surface area contributed by atoms with Crippen molar-refractivity contribution in [3.8, 4) is 0 Å². The van der Waals surface area contributed by atoms with Crippen LogP contribution in [0.25, 0.3) is 0 Å². The summed E-state index contributed by atoms with van der Waals surface area (Å²) in [7, 11) is 3.04. The minimum Gasteiger partial charge on any atom is -0.465 e. The summed E-state index contributed by atoms with van der Waals surface area (Å²) < 4.78 is 4.66. The molecule has 1 heterocycles. The number of benzene rings is 2. The molecule has 6 nitrogen and oxygen atoms in total. The van der Waals surface area contributed by atoms with Crippen molar-refractivity contribution in [3.05, 3.63) is 65.7 Å². The predicted molar refractivity (Wildman–Crippen MR) is 96.5 cm³/mol. The molecular formula is C20H20N2O4. The summed E-state index contributed by atoms with van der Waals surface area (Å²) in [6, 6.07) is 15.7. The normalized spacial score (nSPS) is 19.3. The first-order valence-corrected chi connectivity index (χ1v) is 8.31. The van der Waals surface area contributed by atoms with Gasteiger partial charge in [0.15, 0.2) is 0 Å². The number of rotatable bonds is 4. The lowest BCUT2D eigenvalue weighted by atomic mass is 9.93. The zero-order chi connectivity index (χ0) is 18.7. The quantitative estimate of drug-likeness (QED) is 0.859. The highest BCUT2D eigenvalue weighted by atomic mass is 16.5. The maximum absolute atomic E-state index is 12.8. The van der Waals surface area contributed by atoms with Crippen molar-refractivity contribution < 1.29 is 19.1 Å². The average molecular weight is 352 g/mol. The van der Waals surface area contributed by atoms with Gasteiger partial charge in [0.2, 0.25) is 11.8 Å². The Balaban J connectivity index is 1.77. The Morgan fingerprint density at radius 1 is 1.08 bits per heavy atom.